The highest BCUT2D eigenvalue weighted by atomic mass is 16.5. The van der Waals surface area contributed by atoms with E-state index >= 15 is 0 Å². The normalized spacial score (nSPS) is 21.6. The third-order valence-corrected chi connectivity index (χ3v) is 6.42. The third-order valence-electron chi connectivity index (χ3n) is 6.42. The molecule has 7 nitrogen and oxygen atoms in total. The first-order valence-corrected chi connectivity index (χ1v) is 11.1. The number of hydrogen-bond donors (Lipinski definition) is 0. The zero-order valence-electron chi connectivity index (χ0n) is 18.3. The number of likely N-dealkylation sites (N-methyl/N-ethyl adjacent to an activating group) is 1. The molecule has 0 bridgehead atoms. The highest BCUT2D eigenvalue weighted by Crippen LogP contribution is 2.22. The molecular formula is C22H37N5O2. The monoisotopic (exact) mass is 403 g/mol. The summed E-state index contributed by atoms with van der Waals surface area (Å²) in [6.45, 7) is 11.9. The second-order valence-corrected chi connectivity index (χ2v) is 8.46. The van der Waals surface area contributed by atoms with E-state index in [1.165, 1.54) is 12.8 Å². The van der Waals surface area contributed by atoms with Gasteiger partial charge in [-0.05, 0) is 64.7 Å². The van der Waals surface area contributed by atoms with E-state index in [0.717, 1.165) is 71.0 Å². The number of aromatic nitrogens is 2. The largest absolute Gasteiger partial charge is 0.383 e. The van der Waals surface area contributed by atoms with Crippen LogP contribution in [0.5, 0.6) is 0 Å². The minimum Gasteiger partial charge on any atom is -0.383 e. The van der Waals surface area contributed by atoms with Gasteiger partial charge in [0, 0.05) is 39.0 Å². The van der Waals surface area contributed by atoms with Crippen LogP contribution < -0.4 is 0 Å². The molecule has 1 amide bonds. The topological polar surface area (TPSA) is 61.8 Å². The minimum atomic E-state index is 0.0299. The summed E-state index contributed by atoms with van der Waals surface area (Å²) >= 11 is 0. The number of amides is 1. The predicted octanol–water partition coefficient (Wildman–Crippen LogP) is 2.07. The molecule has 1 aromatic rings. The van der Waals surface area contributed by atoms with Crippen LogP contribution in [-0.2, 0) is 4.74 Å². The Bertz CT molecular complexity index is 631. The number of piperidine rings is 1. The average Bonchev–Trinajstić information content (AvgIpc) is 3.20. The van der Waals surface area contributed by atoms with E-state index in [1.807, 2.05) is 6.92 Å². The van der Waals surface area contributed by atoms with E-state index in [0.29, 0.717) is 17.7 Å². The lowest BCUT2D eigenvalue weighted by Gasteiger charge is -2.36. The Balaban J connectivity index is 1.64. The van der Waals surface area contributed by atoms with Gasteiger partial charge < -0.3 is 14.5 Å². The number of rotatable bonds is 9. The lowest BCUT2D eigenvalue weighted by molar-refractivity contribution is 0.0611. The van der Waals surface area contributed by atoms with E-state index in [4.69, 9.17) is 4.74 Å². The first kappa shape index (κ1) is 22.1. The molecule has 0 aliphatic carbocycles. The van der Waals surface area contributed by atoms with Gasteiger partial charge in [0.1, 0.15) is 5.69 Å². The Morgan fingerprint density at radius 1 is 1.17 bits per heavy atom. The fraction of sp³-hybridized carbons (Fsp3) is 0.773. The lowest BCUT2D eigenvalue weighted by atomic mass is 9.95. The maximum atomic E-state index is 13.3. The smallest absolute Gasteiger partial charge is 0.274 e. The molecule has 3 rings (SSSR count). The molecule has 162 valence electrons. The number of carbonyl (C=O) groups excluding carboxylic acids is 1. The summed E-state index contributed by atoms with van der Waals surface area (Å²) in [6.07, 6.45) is 7.98. The van der Waals surface area contributed by atoms with Gasteiger partial charge in [-0.15, -0.1) is 0 Å². The average molecular weight is 404 g/mol. The van der Waals surface area contributed by atoms with Crippen molar-refractivity contribution in [3.8, 4) is 0 Å². The van der Waals surface area contributed by atoms with Gasteiger partial charge in [-0.1, -0.05) is 6.92 Å². The second kappa shape index (κ2) is 11.0. The molecule has 0 unspecified atom stereocenters. The predicted molar refractivity (Wildman–Crippen MR) is 114 cm³/mol. The van der Waals surface area contributed by atoms with Crippen molar-refractivity contribution in [3.05, 3.63) is 23.8 Å². The Morgan fingerprint density at radius 2 is 1.97 bits per heavy atom. The maximum Gasteiger partial charge on any atom is 0.274 e. The van der Waals surface area contributed by atoms with Gasteiger partial charge in [0.05, 0.1) is 18.5 Å². The third kappa shape index (κ3) is 6.20. The van der Waals surface area contributed by atoms with Gasteiger partial charge in [0.15, 0.2) is 0 Å². The fourth-order valence-electron chi connectivity index (χ4n) is 4.60. The summed E-state index contributed by atoms with van der Waals surface area (Å²) in [5.41, 5.74) is 1.30. The van der Waals surface area contributed by atoms with E-state index in [2.05, 4.69) is 31.6 Å². The molecule has 1 aromatic heterocycles. The Morgan fingerprint density at radius 3 is 2.62 bits per heavy atom. The second-order valence-electron chi connectivity index (χ2n) is 8.46. The van der Waals surface area contributed by atoms with Crippen LogP contribution in [0.4, 0.5) is 0 Å². The van der Waals surface area contributed by atoms with Crippen LogP contribution in [0.25, 0.3) is 0 Å². The van der Waals surface area contributed by atoms with Gasteiger partial charge in [0.2, 0.25) is 0 Å². The quantitative estimate of drug-likeness (QED) is 0.629. The van der Waals surface area contributed by atoms with E-state index in [1.54, 1.807) is 19.5 Å². The number of ether oxygens (including phenoxy) is 1. The van der Waals surface area contributed by atoms with Crippen molar-refractivity contribution in [3.63, 3.8) is 0 Å². The molecule has 7 heteroatoms. The first-order valence-electron chi connectivity index (χ1n) is 11.1. The number of aryl methyl sites for hydroxylation is 1. The Labute approximate surface area is 175 Å². The lowest BCUT2D eigenvalue weighted by Crippen LogP contribution is -2.47. The van der Waals surface area contributed by atoms with Gasteiger partial charge in [-0.3, -0.25) is 14.7 Å². The Hall–Kier alpha value is -1.57. The van der Waals surface area contributed by atoms with Crippen molar-refractivity contribution in [2.75, 3.05) is 59.5 Å². The highest BCUT2D eigenvalue weighted by molar-refractivity contribution is 5.92. The van der Waals surface area contributed by atoms with Crippen LogP contribution in [0.3, 0.4) is 0 Å². The maximum absolute atomic E-state index is 13.3. The van der Waals surface area contributed by atoms with Crippen molar-refractivity contribution < 1.29 is 9.53 Å². The minimum absolute atomic E-state index is 0.0299. The molecule has 29 heavy (non-hydrogen) atoms. The van der Waals surface area contributed by atoms with E-state index < -0.39 is 0 Å². The molecule has 1 atom stereocenters. The number of nitrogens with zero attached hydrogens (tertiary/aromatic N) is 5. The van der Waals surface area contributed by atoms with Crippen LogP contribution in [0.2, 0.25) is 0 Å². The zero-order chi connectivity index (χ0) is 20.6. The fourth-order valence-corrected chi connectivity index (χ4v) is 4.60. The van der Waals surface area contributed by atoms with Gasteiger partial charge in [-0.2, -0.15) is 0 Å². The van der Waals surface area contributed by atoms with E-state index in [-0.39, 0.29) is 5.91 Å². The van der Waals surface area contributed by atoms with Gasteiger partial charge in [-0.25, -0.2) is 4.98 Å². The molecular weight excluding hydrogens is 366 g/mol. The molecule has 0 spiro atoms. The molecule has 2 aliphatic heterocycles. The SMILES string of the molecule is CCN1CCC[C@H]1CN(CC1CCN(CCOC)CC1)C(=O)c1cnc(C)cn1. The standard InChI is InChI=1S/C22H37N5O2/c1-4-26-9-5-6-20(26)17-27(22(28)21-15-23-18(2)14-24-21)16-19-7-10-25(11-8-19)12-13-29-3/h14-15,19-20H,4-13,16-17H2,1-3H3/t20-/m0/s1. The first-order chi connectivity index (χ1) is 14.1. The Kier molecular flexibility index (Phi) is 8.39. The number of methoxy groups -OCH3 is 1. The van der Waals surface area contributed by atoms with Crippen LogP contribution in [0.15, 0.2) is 12.4 Å². The summed E-state index contributed by atoms with van der Waals surface area (Å²) in [7, 11) is 1.76. The number of hydrogen-bond acceptors (Lipinski definition) is 6. The summed E-state index contributed by atoms with van der Waals surface area (Å²) < 4.78 is 5.21. The van der Waals surface area contributed by atoms with Crippen molar-refractivity contribution in [2.24, 2.45) is 5.92 Å². The van der Waals surface area contributed by atoms with E-state index in [9.17, 15) is 4.79 Å². The number of carbonyl (C=O) groups is 1. The molecule has 2 aliphatic rings. The molecule has 0 radical (unpaired) electrons. The zero-order valence-corrected chi connectivity index (χ0v) is 18.3. The van der Waals surface area contributed by atoms with Crippen LogP contribution in [-0.4, -0.2) is 96.1 Å². The van der Waals surface area contributed by atoms with Crippen LogP contribution in [0.1, 0.15) is 48.8 Å². The van der Waals surface area contributed by atoms with Crippen molar-refractivity contribution >= 4 is 5.91 Å². The van der Waals surface area contributed by atoms with Crippen molar-refractivity contribution in [1.29, 1.82) is 0 Å². The molecule has 3 heterocycles. The number of likely N-dealkylation sites (tertiary alicyclic amines) is 2. The molecule has 2 fully saturated rings. The summed E-state index contributed by atoms with van der Waals surface area (Å²) in [5.74, 6) is 0.579. The molecule has 0 saturated carbocycles. The van der Waals surface area contributed by atoms with Crippen LogP contribution >= 0.6 is 0 Å². The molecule has 2 saturated heterocycles. The highest BCUT2D eigenvalue weighted by Gasteiger charge is 2.30. The molecule has 0 aromatic carbocycles. The van der Waals surface area contributed by atoms with Crippen molar-refractivity contribution in [2.45, 2.75) is 45.6 Å². The van der Waals surface area contributed by atoms with Gasteiger partial charge in [0.25, 0.3) is 5.91 Å². The summed E-state index contributed by atoms with van der Waals surface area (Å²) in [6, 6.07) is 0.462. The molecule has 0 N–H and O–H groups in total. The van der Waals surface area contributed by atoms with Gasteiger partial charge >= 0.3 is 0 Å². The summed E-state index contributed by atoms with van der Waals surface area (Å²) in [5, 5.41) is 0. The van der Waals surface area contributed by atoms with Crippen LogP contribution in [0, 0.1) is 12.8 Å². The van der Waals surface area contributed by atoms with Crippen molar-refractivity contribution in [1.82, 2.24) is 24.7 Å². The summed E-state index contributed by atoms with van der Waals surface area (Å²) in [4.78, 5) is 29.0.